The second kappa shape index (κ2) is 7.96. The van der Waals surface area contributed by atoms with E-state index in [9.17, 15) is 18.0 Å². The number of nitrogens with one attached hydrogen (secondary N) is 1. The first-order valence-corrected chi connectivity index (χ1v) is 9.14. The summed E-state index contributed by atoms with van der Waals surface area (Å²) in [5, 5.41) is 3.45. The molecule has 0 aliphatic heterocycles. The number of benzene rings is 2. The molecule has 3 aromatic rings. The number of rotatable bonds is 5. The van der Waals surface area contributed by atoms with E-state index < -0.39 is 12.0 Å². The van der Waals surface area contributed by atoms with Crippen LogP contribution < -0.4 is 5.32 Å². The van der Waals surface area contributed by atoms with Crippen LogP contribution in [0.1, 0.15) is 24.4 Å². The maximum Gasteiger partial charge on any atom is 0.451 e. The van der Waals surface area contributed by atoms with Gasteiger partial charge in [-0.25, -0.2) is 9.97 Å². The average molecular weight is 391 g/mol. The Morgan fingerprint density at radius 1 is 1.07 bits per heavy atom. The summed E-state index contributed by atoms with van der Waals surface area (Å²) in [6.07, 6.45) is -4.65. The van der Waals surface area contributed by atoms with E-state index >= 15 is 0 Å². The molecule has 8 heteroatoms. The number of amides is 1. The smallest absolute Gasteiger partial charge is 0.349 e. The van der Waals surface area contributed by atoms with Gasteiger partial charge in [0.1, 0.15) is 5.03 Å². The van der Waals surface area contributed by atoms with E-state index in [1.165, 1.54) is 6.07 Å². The van der Waals surface area contributed by atoms with Crippen LogP contribution in [-0.2, 0) is 11.0 Å². The third kappa shape index (κ3) is 4.77. The highest BCUT2D eigenvalue weighted by atomic mass is 32.2. The lowest BCUT2D eigenvalue weighted by atomic mass is 10.1. The lowest BCUT2D eigenvalue weighted by Gasteiger charge is -2.14. The van der Waals surface area contributed by atoms with Crippen LogP contribution in [-0.4, -0.2) is 21.6 Å². The number of hydrogen-bond donors (Lipinski definition) is 1. The lowest BCUT2D eigenvalue weighted by molar-refractivity contribution is -0.145. The van der Waals surface area contributed by atoms with Crippen molar-refractivity contribution < 1.29 is 18.0 Å². The molecule has 1 amide bonds. The number of aromatic nitrogens is 2. The van der Waals surface area contributed by atoms with E-state index in [0.29, 0.717) is 5.39 Å². The zero-order chi connectivity index (χ0) is 19.4. The van der Waals surface area contributed by atoms with Crippen LogP contribution in [0.15, 0.2) is 59.6 Å². The van der Waals surface area contributed by atoms with Crippen molar-refractivity contribution in [3.05, 3.63) is 66.0 Å². The van der Waals surface area contributed by atoms with Gasteiger partial charge in [-0.3, -0.25) is 4.79 Å². The van der Waals surface area contributed by atoms with E-state index in [4.69, 9.17) is 0 Å². The molecule has 0 aliphatic rings. The highest BCUT2D eigenvalue weighted by molar-refractivity contribution is 8.00. The summed E-state index contributed by atoms with van der Waals surface area (Å²) in [6, 6.07) is 15.7. The predicted molar refractivity (Wildman–Crippen MR) is 98.3 cm³/mol. The molecule has 140 valence electrons. The maximum absolute atomic E-state index is 13.0. The van der Waals surface area contributed by atoms with Gasteiger partial charge in [-0.15, -0.1) is 0 Å². The second-order valence-corrected chi connectivity index (χ2v) is 6.82. The lowest BCUT2D eigenvalue weighted by Crippen LogP contribution is -2.28. The number of alkyl halides is 3. The molecule has 1 N–H and O–H groups in total. The van der Waals surface area contributed by atoms with Gasteiger partial charge < -0.3 is 5.32 Å². The number of hydrogen-bond acceptors (Lipinski definition) is 4. The van der Waals surface area contributed by atoms with E-state index in [1.54, 1.807) is 18.2 Å². The molecule has 1 atom stereocenters. The Bertz CT molecular complexity index is 948. The Morgan fingerprint density at radius 3 is 2.44 bits per heavy atom. The van der Waals surface area contributed by atoms with Crippen molar-refractivity contribution in [2.24, 2.45) is 0 Å². The minimum atomic E-state index is -4.65. The standard InChI is InChI=1S/C19H16F3N3OS/c1-12(13-7-3-2-4-8-13)23-16(26)11-27-17-14-9-5-6-10-15(14)24-18(25-17)19(20,21)22/h2-10,12H,11H2,1H3,(H,23,26)/t12-/m0/s1. The maximum atomic E-state index is 13.0. The molecular formula is C19H16F3N3OS. The van der Waals surface area contributed by atoms with Gasteiger partial charge in [0.05, 0.1) is 17.3 Å². The van der Waals surface area contributed by atoms with Crippen LogP contribution in [0.4, 0.5) is 13.2 Å². The first-order valence-electron chi connectivity index (χ1n) is 8.15. The monoisotopic (exact) mass is 391 g/mol. The Kier molecular flexibility index (Phi) is 5.65. The SMILES string of the molecule is C[C@H](NC(=O)CSc1nc(C(F)(F)F)nc2ccccc12)c1ccccc1. The average Bonchev–Trinajstić information content (AvgIpc) is 2.65. The van der Waals surface area contributed by atoms with Gasteiger partial charge in [-0.05, 0) is 18.6 Å². The van der Waals surface area contributed by atoms with Gasteiger partial charge in [0.2, 0.25) is 11.7 Å². The van der Waals surface area contributed by atoms with Crippen molar-refractivity contribution in [2.75, 3.05) is 5.75 Å². The fraction of sp³-hybridized carbons (Fsp3) is 0.211. The Balaban J connectivity index is 1.75. The predicted octanol–water partition coefficient (Wildman–Crippen LogP) is 4.62. The molecule has 0 saturated heterocycles. The molecular weight excluding hydrogens is 375 g/mol. The molecule has 0 spiro atoms. The highest BCUT2D eigenvalue weighted by Gasteiger charge is 2.35. The summed E-state index contributed by atoms with van der Waals surface area (Å²) in [5.74, 6) is -1.54. The van der Waals surface area contributed by atoms with Gasteiger partial charge in [-0.2, -0.15) is 13.2 Å². The number of para-hydroxylation sites is 1. The van der Waals surface area contributed by atoms with Gasteiger partial charge in [-0.1, -0.05) is 60.3 Å². The van der Waals surface area contributed by atoms with Crippen molar-refractivity contribution in [1.82, 2.24) is 15.3 Å². The number of nitrogens with zero attached hydrogens (tertiary/aromatic N) is 2. The molecule has 0 fully saturated rings. The molecule has 3 rings (SSSR count). The number of halogens is 3. The van der Waals surface area contributed by atoms with E-state index in [0.717, 1.165) is 17.3 Å². The van der Waals surface area contributed by atoms with Crippen LogP contribution in [0.3, 0.4) is 0 Å². The van der Waals surface area contributed by atoms with Crippen molar-refractivity contribution in [1.29, 1.82) is 0 Å². The Labute approximate surface area is 158 Å². The summed E-state index contributed by atoms with van der Waals surface area (Å²) >= 11 is 0.962. The molecule has 0 bridgehead atoms. The quantitative estimate of drug-likeness (QED) is 0.509. The first kappa shape index (κ1) is 19.2. The van der Waals surface area contributed by atoms with E-state index in [2.05, 4.69) is 15.3 Å². The zero-order valence-corrected chi connectivity index (χ0v) is 15.1. The van der Waals surface area contributed by atoms with Crippen LogP contribution in [0.5, 0.6) is 0 Å². The summed E-state index contributed by atoms with van der Waals surface area (Å²) in [4.78, 5) is 19.4. The number of fused-ring (bicyclic) bond motifs is 1. The number of thioether (sulfide) groups is 1. The summed E-state index contributed by atoms with van der Waals surface area (Å²) in [7, 11) is 0. The second-order valence-electron chi connectivity index (χ2n) is 5.86. The molecule has 0 saturated carbocycles. The van der Waals surface area contributed by atoms with Crippen LogP contribution in [0, 0.1) is 0 Å². The third-order valence-electron chi connectivity index (χ3n) is 3.84. The van der Waals surface area contributed by atoms with Crippen LogP contribution in [0.25, 0.3) is 10.9 Å². The van der Waals surface area contributed by atoms with Gasteiger partial charge >= 0.3 is 6.18 Å². The topological polar surface area (TPSA) is 54.9 Å². The van der Waals surface area contributed by atoms with E-state index in [-0.39, 0.29) is 28.2 Å². The Hall–Kier alpha value is -2.61. The molecule has 1 aromatic heterocycles. The minimum Gasteiger partial charge on any atom is -0.349 e. The molecule has 0 unspecified atom stereocenters. The summed E-state index contributed by atoms with van der Waals surface area (Å²) in [6.45, 7) is 1.85. The summed E-state index contributed by atoms with van der Waals surface area (Å²) in [5.41, 5.74) is 1.14. The normalized spacial score (nSPS) is 12.7. The fourth-order valence-electron chi connectivity index (χ4n) is 2.53. The van der Waals surface area contributed by atoms with Gasteiger partial charge in [0.25, 0.3) is 0 Å². The van der Waals surface area contributed by atoms with Crippen LogP contribution >= 0.6 is 11.8 Å². The third-order valence-corrected chi connectivity index (χ3v) is 4.83. The Morgan fingerprint density at radius 2 is 1.74 bits per heavy atom. The molecule has 4 nitrogen and oxygen atoms in total. The minimum absolute atomic E-state index is 0.0462. The molecule has 0 radical (unpaired) electrons. The van der Waals surface area contributed by atoms with Crippen molar-refractivity contribution in [3.63, 3.8) is 0 Å². The highest BCUT2D eigenvalue weighted by Crippen LogP contribution is 2.32. The number of carbonyl (C=O) groups excluding carboxylic acids is 1. The fourth-order valence-corrected chi connectivity index (χ4v) is 3.36. The van der Waals surface area contributed by atoms with Crippen molar-refractivity contribution in [2.45, 2.75) is 24.2 Å². The molecule has 27 heavy (non-hydrogen) atoms. The van der Waals surface area contributed by atoms with Crippen molar-refractivity contribution >= 4 is 28.6 Å². The first-order chi connectivity index (χ1) is 12.8. The van der Waals surface area contributed by atoms with Crippen molar-refractivity contribution in [3.8, 4) is 0 Å². The van der Waals surface area contributed by atoms with Gasteiger partial charge in [0.15, 0.2) is 0 Å². The molecule has 2 aromatic carbocycles. The summed E-state index contributed by atoms with van der Waals surface area (Å²) < 4.78 is 39.1. The molecule has 1 heterocycles. The zero-order valence-electron chi connectivity index (χ0n) is 14.3. The van der Waals surface area contributed by atoms with E-state index in [1.807, 2.05) is 37.3 Å². The molecule has 0 aliphatic carbocycles. The largest absolute Gasteiger partial charge is 0.451 e. The van der Waals surface area contributed by atoms with Gasteiger partial charge in [0, 0.05) is 5.39 Å². The number of carbonyl (C=O) groups is 1. The van der Waals surface area contributed by atoms with Crippen LogP contribution in [0.2, 0.25) is 0 Å².